The molecule has 3 heterocycles. The molecule has 0 saturated carbocycles. The fraction of sp³-hybridized carbons (Fsp3) is 0.318. The summed E-state index contributed by atoms with van der Waals surface area (Å²) in [6.07, 6.45) is 9.51. The van der Waals surface area contributed by atoms with E-state index in [0.717, 1.165) is 24.8 Å². The molecule has 144 valence electrons. The van der Waals surface area contributed by atoms with Crippen molar-refractivity contribution in [3.05, 3.63) is 78.3 Å². The third-order valence-corrected chi connectivity index (χ3v) is 5.57. The first-order valence-corrected chi connectivity index (χ1v) is 9.51. The molecule has 0 unspecified atom stereocenters. The van der Waals surface area contributed by atoms with Crippen LogP contribution < -0.4 is 0 Å². The molecule has 0 aliphatic carbocycles. The van der Waals surface area contributed by atoms with Crippen molar-refractivity contribution >= 4 is 5.91 Å². The van der Waals surface area contributed by atoms with Crippen LogP contribution in [0.25, 0.3) is 5.82 Å². The highest BCUT2D eigenvalue weighted by Crippen LogP contribution is 2.35. The second-order valence-corrected chi connectivity index (χ2v) is 7.75. The number of rotatable bonds is 4. The topological polar surface area (TPSA) is 51.0 Å². The first-order chi connectivity index (χ1) is 13.5. The van der Waals surface area contributed by atoms with E-state index in [9.17, 15) is 9.18 Å². The monoisotopic (exact) mass is 378 g/mol. The van der Waals surface area contributed by atoms with E-state index in [2.05, 4.69) is 16.9 Å². The number of carbonyl (C=O) groups excluding carboxylic acids is 1. The molecule has 0 N–H and O–H groups in total. The zero-order chi connectivity index (χ0) is 19.6. The van der Waals surface area contributed by atoms with Crippen LogP contribution in [0, 0.1) is 11.2 Å². The summed E-state index contributed by atoms with van der Waals surface area (Å²) in [5.41, 5.74) is 1.83. The molecule has 6 heteroatoms. The van der Waals surface area contributed by atoms with Crippen molar-refractivity contribution in [2.75, 3.05) is 13.1 Å². The van der Waals surface area contributed by atoms with Gasteiger partial charge in [0, 0.05) is 31.7 Å². The molecule has 0 atom stereocenters. The van der Waals surface area contributed by atoms with Gasteiger partial charge in [-0.15, -0.1) is 0 Å². The van der Waals surface area contributed by atoms with Crippen LogP contribution in [-0.4, -0.2) is 38.4 Å². The molecule has 0 radical (unpaired) electrons. The molecule has 28 heavy (non-hydrogen) atoms. The fourth-order valence-electron chi connectivity index (χ4n) is 3.85. The summed E-state index contributed by atoms with van der Waals surface area (Å²) >= 11 is 0. The summed E-state index contributed by atoms with van der Waals surface area (Å²) in [6.45, 7) is 3.66. The van der Waals surface area contributed by atoms with Crippen molar-refractivity contribution in [3.8, 4) is 5.82 Å². The summed E-state index contributed by atoms with van der Waals surface area (Å²) in [5, 5.41) is 0. The minimum absolute atomic E-state index is 0.000585. The molecule has 5 nitrogen and oxygen atoms in total. The van der Waals surface area contributed by atoms with Gasteiger partial charge in [0.1, 0.15) is 12.1 Å². The van der Waals surface area contributed by atoms with Gasteiger partial charge in [-0.25, -0.2) is 14.4 Å². The minimum Gasteiger partial charge on any atom is -0.338 e. The van der Waals surface area contributed by atoms with E-state index in [0.29, 0.717) is 24.5 Å². The zero-order valence-electron chi connectivity index (χ0n) is 15.9. The van der Waals surface area contributed by atoms with Gasteiger partial charge in [-0.1, -0.05) is 19.1 Å². The van der Waals surface area contributed by atoms with Gasteiger partial charge in [0.2, 0.25) is 0 Å². The lowest BCUT2D eigenvalue weighted by atomic mass is 9.75. The second-order valence-electron chi connectivity index (χ2n) is 7.75. The number of piperidine rings is 1. The predicted octanol–water partition coefficient (Wildman–Crippen LogP) is 3.89. The van der Waals surface area contributed by atoms with Crippen LogP contribution in [0.3, 0.4) is 0 Å². The number of halogens is 1. The van der Waals surface area contributed by atoms with E-state index in [1.54, 1.807) is 35.6 Å². The summed E-state index contributed by atoms with van der Waals surface area (Å²) in [5.74, 6) is 0.393. The number of nitrogens with zero attached hydrogens (tertiary/aromatic N) is 4. The second kappa shape index (κ2) is 7.54. The number of benzene rings is 1. The largest absolute Gasteiger partial charge is 0.338 e. The summed E-state index contributed by atoms with van der Waals surface area (Å²) in [7, 11) is 0. The van der Waals surface area contributed by atoms with Gasteiger partial charge in [-0.3, -0.25) is 9.36 Å². The van der Waals surface area contributed by atoms with Crippen molar-refractivity contribution in [2.24, 2.45) is 5.41 Å². The van der Waals surface area contributed by atoms with E-state index in [4.69, 9.17) is 0 Å². The van der Waals surface area contributed by atoms with Crippen LogP contribution in [0.5, 0.6) is 0 Å². The third kappa shape index (κ3) is 3.81. The minimum atomic E-state index is -0.209. The standard InChI is InChI=1S/C22H23FN4O/c1-22(15-17-4-6-18(23)7-5-17)8-12-26(13-9-22)21(28)19-3-2-10-25-20(19)27-14-11-24-16-27/h2-7,10-11,14,16H,8-9,12-13,15H2,1H3. The van der Waals surface area contributed by atoms with Crippen LogP contribution in [0.2, 0.25) is 0 Å². The molecule has 1 aliphatic rings. The third-order valence-electron chi connectivity index (χ3n) is 5.57. The van der Waals surface area contributed by atoms with Gasteiger partial charge in [0.25, 0.3) is 5.91 Å². The van der Waals surface area contributed by atoms with Crippen LogP contribution in [0.15, 0.2) is 61.3 Å². The number of pyridine rings is 1. The van der Waals surface area contributed by atoms with Gasteiger partial charge < -0.3 is 4.90 Å². The molecule has 0 bridgehead atoms. The number of carbonyl (C=O) groups is 1. The Morgan fingerprint density at radius 3 is 2.57 bits per heavy atom. The first kappa shape index (κ1) is 18.3. The number of imidazole rings is 1. The van der Waals surface area contributed by atoms with E-state index < -0.39 is 0 Å². The van der Waals surface area contributed by atoms with E-state index >= 15 is 0 Å². The van der Waals surface area contributed by atoms with Crippen molar-refractivity contribution < 1.29 is 9.18 Å². The van der Waals surface area contributed by atoms with Gasteiger partial charge in [0.15, 0.2) is 5.82 Å². The number of amides is 1. The molecule has 1 aromatic carbocycles. The number of aromatic nitrogens is 3. The lowest BCUT2D eigenvalue weighted by molar-refractivity contribution is 0.0606. The van der Waals surface area contributed by atoms with Gasteiger partial charge in [-0.05, 0) is 54.5 Å². The maximum absolute atomic E-state index is 13.1. The Morgan fingerprint density at radius 1 is 1.14 bits per heavy atom. The summed E-state index contributed by atoms with van der Waals surface area (Å²) in [4.78, 5) is 23.5. The molecule has 2 aromatic heterocycles. The smallest absolute Gasteiger partial charge is 0.257 e. The highest BCUT2D eigenvalue weighted by molar-refractivity contribution is 5.97. The van der Waals surface area contributed by atoms with Gasteiger partial charge >= 0.3 is 0 Å². The predicted molar refractivity (Wildman–Crippen MR) is 105 cm³/mol. The Kier molecular flexibility index (Phi) is 4.94. The zero-order valence-corrected chi connectivity index (χ0v) is 15.9. The van der Waals surface area contributed by atoms with Crippen LogP contribution in [0.4, 0.5) is 4.39 Å². The molecule has 0 spiro atoms. The number of likely N-dealkylation sites (tertiary alicyclic amines) is 1. The highest BCUT2D eigenvalue weighted by atomic mass is 19.1. The Morgan fingerprint density at radius 2 is 1.89 bits per heavy atom. The average molecular weight is 378 g/mol. The molecule has 1 fully saturated rings. The van der Waals surface area contributed by atoms with E-state index in [-0.39, 0.29) is 17.1 Å². The molecular formula is C22H23FN4O. The summed E-state index contributed by atoms with van der Waals surface area (Å²) in [6, 6.07) is 10.3. The highest BCUT2D eigenvalue weighted by Gasteiger charge is 2.33. The first-order valence-electron chi connectivity index (χ1n) is 9.51. The molecule has 1 saturated heterocycles. The Hall–Kier alpha value is -3.02. The Balaban J connectivity index is 1.45. The Labute approximate surface area is 163 Å². The van der Waals surface area contributed by atoms with E-state index in [1.165, 1.54) is 12.1 Å². The maximum atomic E-state index is 13.1. The van der Waals surface area contributed by atoms with Crippen molar-refractivity contribution in [1.82, 2.24) is 19.4 Å². The maximum Gasteiger partial charge on any atom is 0.257 e. The Bertz CT molecular complexity index is 945. The lowest BCUT2D eigenvalue weighted by Gasteiger charge is -2.39. The van der Waals surface area contributed by atoms with Gasteiger partial charge in [0.05, 0.1) is 5.56 Å². The molecule has 4 rings (SSSR count). The van der Waals surface area contributed by atoms with Crippen LogP contribution in [0.1, 0.15) is 35.7 Å². The van der Waals surface area contributed by atoms with Crippen molar-refractivity contribution in [1.29, 1.82) is 0 Å². The van der Waals surface area contributed by atoms with Crippen LogP contribution in [-0.2, 0) is 6.42 Å². The van der Waals surface area contributed by atoms with E-state index in [1.807, 2.05) is 23.1 Å². The average Bonchev–Trinajstić information content (AvgIpc) is 3.24. The number of hydrogen-bond acceptors (Lipinski definition) is 3. The van der Waals surface area contributed by atoms with Crippen molar-refractivity contribution in [2.45, 2.75) is 26.2 Å². The molecule has 1 aliphatic heterocycles. The summed E-state index contributed by atoms with van der Waals surface area (Å²) < 4.78 is 14.9. The molecule has 1 amide bonds. The fourth-order valence-corrected chi connectivity index (χ4v) is 3.85. The van der Waals surface area contributed by atoms with Crippen molar-refractivity contribution in [3.63, 3.8) is 0 Å². The molecular weight excluding hydrogens is 355 g/mol. The lowest BCUT2D eigenvalue weighted by Crippen LogP contribution is -2.43. The molecule has 3 aromatic rings. The normalized spacial score (nSPS) is 16.1. The van der Waals surface area contributed by atoms with Crippen LogP contribution >= 0.6 is 0 Å². The quantitative estimate of drug-likeness (QED) is 0.692. The van der Waals surface area contributed by atoms with Gasteiger partial charge in [-0.2, -0.15) is 0 Å². The number of hydrogen-bond donors (Lipinski definition) is 0. The SMILES string of the molecule is CC1(Cc2ccc(F)cc2)CCN(C(=O)c2cccnc2-n2ccnc2)CC1.